The number of fused-ring (bicyclic) bond motifs is 2. The summed E-state index contributed by atoms with van der Waals surface area (Å²) in [4.78, 5) is 0. The molecule has 1 aliphatic carbocycles. The number of hydrogen-bond donors (Lipinski definition) is 2. The number of rotatable bonds is 5. The van der Waals surface area contributed by atoms with E-state index in [1.807, 2.05) is 0 Å². The van der Waals surface area contributed by atoms with E-state index in [0.717, 1.165) is 19.3 Å². The van der Waals surface area contributed by atoms with Gasteiger partial charge in [-0.1, -0.05) is 48.5 Å². The van der Waals surface area contributed by atoms with E-state index in [1.165, 1.54) is 22.3 Å². The smallest absolute Gasteiger partial charge is 0.0584 e. The molecule has 21 heavy (non-hydrogen) atoms. The van der Waals surface area contributed by atoms with Gasteiger partial charge in [-0.25, -0.2) is 0 Å². The zero-order valence-corrected chi connectivity index (χ0v) is 12.5. The number of aliphatic hydroxyl groups is 1. The van der Waals surface area contributed by atoms with Gasteiger partial charge >= 0.3 is 0 Å². The molecule has 0 fully saturated rings. The Balaban J connectivity index is 1.91. The van der Waals surface area contributed by atoms with Crippen LogP contribution in [0, 0.1) is 0 Å². The van der Waals surface area contributed by atoms with E-state index >= 15 is 0 Å². The molecule has 0 radical (unpaired) electrons. The maximum absolute atomic E-state index is 9.01. The molecule has 0 aliphatic heterocycles. The molecule has 1 aliphatic rings. The summed E-state index contributed by atoms with van der Waals surface area (Å²) in [6.45, 7) is 2.47. The lowest BCUT2D eigenvalue weighted by Crippen LogP contribution is -2.34. The SMILES string of the molecule is CC(CCCO)NC1c2ccccc2Cc2ccccc21. The van der Waals surface area contributed by atoms with Crippen molar-refractivity contribution in [3.63, 3.8) is 0 Å². The Morgan fingerprint density at radius 2 is 1.62 bits per heavy atom. The number of nitrogens with one attached hydrogen (secondary N) is 1. The van der Waals surface area contributed by atoms with Gasteiger partial charge in [-0.05, 0) is 48.4 Å². The van der Waals surface area contributed by atoms with Gasteiger partial charge in [0.1, 0.15) is 0 Å². The topological polar surface area (TPSA) is 32.3 Å². The molecule has 2 aromatic rings. The number of aliphatic hydroxyl groups excluding tert-OH is 1. The molecule has 0 saturated heterocycles. The maximum Gasteiger partial charge on any atom is 0.0584 e. The fourth-order valence-corrected chi connectivity index (χ4v) is 3.27. The van der Waals surface area contributed by atoms with Gasteiger partial charge in [0.2, 0.25) is 0 Å². The molecule has 1 unspecified atom stereocenters. The van der Waals surface area contributed by atoms with E-state index in [1.54, 1.807) is 0 Å². The first kappa shape index (κ1) is 14.3. The van der Waals surface area contributed by atoms with Crippen molar-refractivity contribution in [1.82, 2.24) is 5.32 Å². The second-order valence-corrected chi connectivity index (χ2v) is 5.94. The molecule has 2 nitrogen and oxygen atoms in total. The van der Waals surface area contributed by atoms with Crippen LogP contribution in [0.3, 0.4) is 0 Å². The number of hydrogen-bond acceptors (Lipinski definition) is 2. The molecule has 2 N–H and O–H groups in total. The van der Waals surface area contributed by atoms with Gasteiger partial charge in [0.15, 0.2) is 0 Å². The Morgan fingerprint density at radius 3 is 2.19 bits per heavy atom. The summed E-state index contributed by atoms with van der Waals surface area (Å²) in [5.74, 6) is 0. The molecule has 0 amide bonds. The lowest BCUT2D eigenvalue weighted by Gasteiger charge is -2.31. The summed E-state index contributed by atoms with van der Waals surface area (Å²) in [7, 11) is 0. The fraction of sp³-hybridized carbons (Fsp3) is 0.368. The Hall–Kier alpha value is -1.64. The summed E-state index contributed by atoms with van der Waals surface area (Å²) in [6, 6.07) is 18.1. The van der Waals surface area contributed by atoms with E-state index in [4.69, 9.17) is 5.11 Å². The van der Waals surface area contributed by atoms with E-state index in [0.29, 0.717) is 6.04 Å². The zero-order chi connectivity index (χ0) is 14.7. The first-order valence-electron chi connectivity index (χ1n) is 7.82. The summed E-state index contributed by atoms with van der Waals surface area (Å²) in [5, 5.41) is 12.8. The highest BCUT2D eigenvalue weighted by atomic mass is 16.2. The van der Waals surface area contributed by atoms with Crippen molar-refractivity contribution in [1.29, 1.82) is 0 Å². The molecule has 2 aromatic carbocycles. The molecule has 3 rings (SSSR count). The van der Waals surface area contributed by atoms with Gasteiger partial charge in [-0.15, -0.1) is 0 Å². The summed E-state index contributed by atoms with van der Waals surface area (Å²) in [5.41, 5.74) is 5.63. The van der Waals surface area contributed by atoms with Crippen LogP contribution < -0.4 is 5.32 Å². The summed E-state index contributed by atoms with van der Waals surface area (Å²) >= 11 is 0. The zero-order valence-electron chi connectivity index (χ0n) is 12.5. The molecule has 0 saturated carbocycles. The summed E-state index contributed by atoms with van der Waals surface area (Å²) in [6.07, 6.45) is 2.87. The third-order valence-electron chi connectivity index (χ3n) is 4.36. The molecule has 1 atom stereocenters. The fourth-order valence-electron chi connectivity index (χ4n) is 3.27. The average Bonchev–Trinajstić information content (AvgIpc) is 2.52. The van der Waals surface area contributed by atoms with Crippen molar-refractivity contribution in [2.75, 3.05) is 6.61 Å². The third kappa shape index (κ3) is 3.02. The molecule has 0 aromatic heterocycles. The standard InChI is InChI=1S/C19H23NO/c1-14(7-6-12-21)20-19-17-10-4-2-8-15(17)13-16-9-3-5-11-18(16)19/h2-5,8-11,14,19-21H,6-7,12-13H2,1H3. The Bertz CT molecular complexity index is 563. The minimum Gasteiger partial charge on any atom is -0.396 e. The molecule has 0 bridgehead atoms. The van der Waals surface area contributed by atoms with Gasteiger partial charge in [-0.2, -0.15) is 0 Å². The number of benzene rings is 2. The van der Waals surface area contributed by atoms with Gasteiger partial charge < -0.3 is 10.4 Å². The van der Waals surface area contributed by atoms with E-state index < -0.39 is 0 Å². The van der Waals surface area contributed by atoms with Crippen LogP contribution in [0.25, 0.3) is 0 Å². The largest absolute Gasteiger partial charge is 0.396 e. The van der Waals surface area contributed by atoms with Crippen molar-refractivity contribution in [2.45, 2.75) is 38.3 Å². The van der Waals surface area contributed by atoms with Crippen LogP contribution in [0.4, 0.5) is 0 Å². The van der Waals surface area contributed by atoms with Gasteiger partial charge in [0.05, 0.1) is 6.04 Å². The lowest BCUT2D eigenvalue weighted by atomic mass is 9.82. The quantitative estimate of drug-likeness (QED) is 0.880. The Kier molecular flexibility index (Phi) is 4.37. The highest BCUT2D eigenvalue weighted by Crippen LogP contribution is 2.35. The van der Waals surface area contributed by atoms with Crippen LogP contribution in [0.5, 0.6) is 0 Å². The van der Waals surface area contributed by atoms with Crippen molar-refractivity contribution in [3.05, 3.63) is 70.8 Å². The van der Waals surface area contributed by atoms with Crippen molar-refractivity contribution in [2.24, 2.45) is 0 Å². The predicted molar refractivity (Wildman–Crippen MR) is 86.5 cm³/mol. The third-order valence-corrected chi connectivity index (χ3v) is 4.36. The summed E-state index contributed by atoms with van der Waals surface area (Å²) < 4.78 is 0. The molecule has 2 heteroatoms. The second-order valence-electron chi connectivity index (χ2n) is 5.94. The normalized spacial score (nSPS) is 15.3. The Labute approximate surface area is 126 Å². The van der Waals surface area contributed by atoms with Crippen molar-refractivity contribution >= 4 is 0 Å². The van der Waals surface area contributed by atoms with E-state index in [2.05, 4.69) is 60.8 Å². The lowest BCUT2D eigenvalue weighted by molar-refractivity contribution is 0.275. The van der Waals surface area contributed by atoms with Gasteiger partial charge in [0, 0.05) is 12.6 Å². The molecule has 0 heterocycles. The maximum atomic E-state index is 9.01. The molecular formula is C19H23NO. The Morgan fingerprint density at radius 1 is 1.05 bits per heavy atom. The highest BCUT2D eigenvalue weighted by molar-refractivity contribution is 5.48. The second kappa shape index (κ2) is 6.42. The average molecular weight is 281 g/mol. The highest BCUT2D eigenvalue weighted by Gasteiger charge is 2.25. The van der Waals surface area contributed by atoms with Gasteiger partial charge in [-0.3, -0.25) is 0 Å². The first-order valence-corrected chi connectivity index (χ1v) is 7.82. The van der Waals surface area contributed by atoms with Crippen LogP contribution in [-0.4, -0.2) is 17.8 Å². The van der Waals surface area contributed by atoms with Crippen LogP contribution in [-0.2, 0) is 6.42 Å². The molecular weight excluding hydrogens is 258 g/mol. The minimum atomic E-state index is 0.264. The van der Waals surface area contributed by atoms with Crippen LogP contribution in [0.2, 0.25) is 0 Å². The van der Waals surface area contributed by atoms with Crippen LogP contribution in [0.15, 0.2) is 48.5 Å². The molecule has 0 spiro atoms. The monoisotopic (exact) mass is 281 g/mol. The van der Waals surface area contributed by atoms with Crippen LogP contribution >= 0.6 is 0 Å². The van der Waals surface area contributed by atoms with E-state index in [9.17, 15) is 0 Å². The van der Waals surface area contributed by atoms with Crippen molar-refractivity contribution < 1.29 is 5.11 Å². The minimum absolute atomic E-state index is 0.264. The van der Waals surface area contributed by atoms with Gasteiger partial charge in [0.25, 0.3) is 0 Å². The van der Waals surface area contributed by atoms with E-state index in [-0.39, 0.29) is 12.6 Å². The first-order chi connectivity index (χ1) is 10.3. The molecule has 110 valence electrons. The van der Waals surface area contributed by atoms with Crippen molar-refractivity contribution in [3.8, 4) is 0 Å². The predicted octanol–water partition coefficient (Wildman–Crippen LogP) is 3.43. The van der Waals surface area contributed by atoms with Crippen LogP contribution in [0.1, 0.15) is 48.1 Å².